The second-order valence-electron chi connectivity index (χ2n) is 6.79. The Hall–Kier alpha value is -1.65. The Bertz CT molecular complexity index is 896. The first-order valence-electron chi connectivity index (χ1n) is 9.95. The Morgan fingerprint density at radius 3 is 2.15 bits per heavy atom. The van der Waals surface area contributed by atoms with Crippen molar-refractivity contribution >= 4 is 39.0 Å². The lowest BCUT2D eigenvalue weighted by atomic mass is 10.00. The maximum absolute atomic E-state index is 6.32. The molecule has 0 amide bonds. The molecule has 0 fully saturated rings. The lowest BCUT2D eigenvalue weighted by Crippen LogP contribution is -2.26. The molecule has 0 radical (unpaired) electrons. The largest absolute Gasteiger partial charge is 0.356 e. The van der Waals surface area contributed by atoms with Crippen LogP contribution in [-0.2, 0) is 12.8 Å². The van der Waals surface area contributed by atoms with Gasteiger partial charge in [-0.2, -0.15) is 4.98 Å². The standard InChI is InChI=1S/C22H28ClN3S/c1-5-13-26(14-6-2)20-19-18(16-11-9-15(7-3)10-12-16)17(8-4)27-21(19)25-22(23)24-20/h9-12H,5-8,13-14H2,1-4H3. The highest BCUT2D eigenvalue weighted by Crippen LogP contribution is 2.43. The van der Waals surface area contributed by atoms with E-state index < -0.39 is 0 Å². The summed E-state index contributed by atoms with van der Waals surface area (Å²) >= 11 is 8.06. The molecule has 0 bridgehead atoms. The fourth-order valence-corrected chi connectivity index (χ4v) is 4.90. The number of halogens is 1. The molecule has 0 saturated heterocycles. The molecule has 0 aliphatic carbocycles. The van der Waals surface area contributed by atoms with Crippen LogP contribution in [0.15, 0.2) is 24.3 Å². The third kappa shape index (κ3) is 4.12. The molecule has 27 heavy (non-hydrogen) atoms. The van der Waals surface area contributed by atoms with Gasteiger partial charge in [-0.05, 0) is 48.4 Å². The number of hydrogen-bond acceptors (Lipinski definition) is 4. The van der Waals surface area contributed by atoms with Gasteiger partial charge in [-0.15, -0.1) is 11.3 Å². The van der Waals surface area contributed by atoms with Gasteiger partial charge in [0.15, 0.2) is 0 Å². The van der Waals surface area contributed by atoms with Gasteiger partial charge in [0.1, 0.15) is 10.6 Å². The molecular formula is C22H28ClN3S. The van der Waals surface area contributed by atoms with E-state index in [0.29, 0.717) is 5.28 Å². The van der Waals surface area contributed by atoms with Gasteiger partial charge in [0.25, 0.3) is 0 Å². The average molecular weight is 402 g/mol. The van der Waals surface area contributed by atoms with Gasteiger partial charge < -0.3 is 4.90 Å². The maximum atomic E-state index is 6.32. The van der Waals surface area contributed by atoms with E-state index >= 15 is 0 Å². The molecule has 0 saturated carbocycles. The van der Waals surface area contributed by atoms with Gasteiger partial charge in [-0.25, -0.2) is 4.98 Å². The summed E-state index contributed by atoms with van der Waals surface area (Å²) in [4.78, 5) is 14.0. The number of fused-ring (bicyclic) bond motifs is 1. The Kier molecular flexibility index (Phi) is 6.72. The third-order valence-electron chi connectivity index (χ3n) is 4.84. The molecule has 3 rings (SSSR count). The molecule has 1 aromatic carbocycles. The number of anilines is 1. The molecule has 0 N–H and O–H groups in total. The Labute approximate surface area is 171 Å². The Morgan fingerprint density at radius 1 is 0.926 bits per heavy atom. The van der Waals surface area contributed by atoms with Crippen molar-refractivity contribution < 1.29 is 0 Å². The van der Waals surface area contributed by atoms with E-state index in [-0.39, 0.29) is 0 Å². The minimum atomic E-state index is 0.339. The lowest BCUT2D eigenvalue weighted by Gasteiger charge is -2.24. The van der Waals surface area contributed by atoms with Crippen molar-refractivity contribution in [2.45, 2.75) is 53.4 Å². The third-order valence-corrected chi connectivity index (χ3v) is 6.23. The zero-order chi connectivity index (χ0) is 19.4. The number of rotatable bonds is 8. The Balaban J connectivity index is 2.27. The number of hydrogen-bond donors (Lipinski definition) is 0. The van der Waals surface area contributed by atoms with Crippen LogP contribution in [0.25, 0.3) is 21.3 Å². The number of nitrogens with zero attached hydrogens (tertiary/aromatic N) is 3. The SMILES string of the molecule is CCCN(CCC)c1nc(Cl)nc2sc(CC)c(-c3ccc(CC)cc3)c12. The topological polar surface area (TPSA) is 29.0 Å². The van der Waals surface area contributed by atoms with Crippen LogP contribution < -0.4 is 4.90 Å². The summed E-state index contributed by atoms with van der Waals surface area (Å²) in [6, 6.07) is 8.93. The van der Waals surface area contributed by atoms with E-state index in [9.17, 15) is 0 Å². The first kappa shape index (κ1) is 20.1. The number of aromatic nitrogens is 2. The first-order valence-corrected chi connectivity index (χ1v) is 11.1. The molecule has 0 aliphatic heterocycles. The van der Waals surface area contributed by atoms with E-state index in [1.807, 2.05) is 0 Å². The molecule has 3 aromatic rings. The second-order valence-corrected chi connectivity index (χ2v) is 8.21. The van der Waals surface area contributed by atoms with Crippen molar-refractivity contribution in [3.05, 3.63) is 40.0 Å². The zero-order valence-electron chi connectivity index (χ0n) is 16.7. The monoisotopic (exact) mass is 401 g/mol. The van der Waals surface area contributed by atoms with Crippen molar-refractivity contribution in [2.24, 2.45) is 0 Å². The van der Waals surface area contributed by atoms with Crippen LogP contribution in [0.3, 0.4) is 0 Å². The summed E-state index contributed by atoms with van der Waals surface area (Å²) in [5.74, 6) is 0.985. The van der Waals surface area contributed by atoms with Gasteiger partial charge in [-0.1, -0.05) is 52.0 Å². The summed E-state index contributed by atoms with van der Waals surface area (Å²) in [6.07, 6.45) is 4.18. The molecule has 0 unspecified atom stereocenters. The van der Waals surface area contributed by atoms with Crippen LogP contribution in [0.1, 0.15) is 51.0 Å². The average Bonchev–Trinajstić information content (AvgIpc) is 3.05. The van der Waals surface area contributed by atoms with Gasteiger partial charge in [0.05, 0.1) is 5.39 Å². The van der Waals surface area contributed by atoms with Crippen LogP contribution in [0.5, 0.6) is 0 Å². The van der Waals surface area contributed by atoms with E-state index in [2.05, 4.69) is 61.8 Å². The van der Waals surface area contributed by atoms with Crippen LogP contribution in [-0.4, -0.2) is 23.1 Å². The molecule has 0 atom stereocenters. The lowest BCUT2D eigenvalue weighted by molar-refractivity contribution is 0.736. The van der Waals surface area contributed by atoms with Crippen LogP contribution in [0.4, 0.5) is 5.82 Å². The summed E-state index contributed by atoms with van der Waals surface area (Å²) in [6.45, 7) is 10.8. The highest BCUT2D eigenvalue weighted by Gasteiger charge is 2.22. The van der Waals surface area contributed by atoms with Gasteiger partial charge in [0.2, 0.25) is 5.28 Å². The number of aryl methyl sites for hydroxylation is 2. The quantitative estimate of drug-likeness (QED) is 0.390. The van der Waals surface area contributed by atoms with Crippen molar-refractivity contribution in [1.29, 1.82) is 0 Å². The van der Waals surface area contributed by atoms with Crippen molar-refractivity contribution in [1.82, 2.24) is 9.97 Å². The van der Waals surface area contributed by atoms with E-state index in [4.69, 9.17) is 16.6 Å². The minimum absolute atomic E-state index is 0.339. The number of thiophene rings is 1. The van der Waals surface area contributed by atoms with Gasteiger partial charge >= 0.3 is 0 Å². The predicted molar refractivity (Wildman–Crippen MR) is 119 cm³/mol. The normalized spacial score (nSPS) is 11.3. The minimum Gasteiger partial charge on any atom is -0.356 e. The summed E-state index contributed by atoms with van der Waals surface area (Å²) < 4.78 is 0. The van der Waals surface area contributed by atoms with E-state index in [0.717, 1.165) is 54.8 Å². The molecular weight excluding hydrogens is 374 g/mol. The summed E-state index contributed by atoms with van der Waals surface area (Å²) in [5.41, 5.74) is 3.88. The van der Waals surface area contributed by atoms with E-state index in [1.54, 1.807) is 11.3 Å². The fourth-order valence-electron chi connectivity index (χ4n) is 3.56. The Morgan fingerprint density at radius 2 is 1.59 bits per heavy atom. The number of benzene rings is 1. The van der Waals surface area contributed by atoms with Gasteiger partial charge in [-0.3, -0.25) is 0 Å². The molecule has 144 valence electrons. The molecule has 3 nitrogen and oxygen atoms in total. The van der Waals surface area contributed by atoms with Crippen LogP contribution in [0.2, 0.25) is 5.28 Å². The highest BCUT2D eigenvalue weighted by atomic mass is 35.5. The smallest absolute Gasteiger partial charge is 0.225 e. The van der Waals surface area contributed by atoms with E-state index in [1.165, 1.54) is 21.6 Å². The first-order chi connectivity index (χ1) is 13.1. The fraction of sp³-hybridized carbons (Fsp3) is 0.455. The van der Waals surface area contributed by atoms with Crippen molar-refractivity contribution in [3.8, 4) is 11.1 Å². The van der Waals surface area contributed by atoms with Crippen molar-refractivity contribution in [3.63, 3.8) is 0 Å². The molecule has 2 aromatic heterocycles. The zero-order valence-corrected chi connectivity index (χ0v) is 18.3. The van der Waals surface area contributed by atoms with Crippen LogP contribution >= 0.6 is 22.9 Å². The van der Waals surface area contributed by atoms with Gasteiger partial charge in [0, 0.05) is 23.5 Å². The van der Waals surface area contributed by atoms with Crippen LogP contribution in [0, 0.1) is 0 Å². The second kappa shape index (κ2) is 9.03. The maximum Gasteiger partial charge on any atom is 0.225 e. The summed E-state index contributed by atoms with van der Waals surface area (Å²) in [5, 5.41) is 1.50. The highest BCUT2D eigenvalue weighted by molar-refractivity contribution is 7.19. The van der Waals surface area contributed by atoms with Crippen molar-refractivity contribution in [2.75, 3.05) is 18.0 Å². The molecule has 5 heteroatoms. The molecule has 0 aliphatic rings. The molecule has 0 spiro atoms. The summed E-state index contributed by atoms with van der Waals surface area (Å²) in [7, 11) is 0. The molecule has 2 heterocycles. The predicted octanol–water partition coefficient (Wildman–Crippen LogP) is 6.76.